The molecule has 1 aromatic heterocycles. The summed E-state index contributed by atoms with van der Waals surface area (Å²) in [5.41, 5.74) is 0.344. The van der Waals surface area contributed by atoms with E-state index < -0.39 is 9.84 Å². The standard InChI is InChI=1S/C16H24N4O3S/c1-2-20(13-6-9-24(22,23)11-13)16(21)14-10-15(18-12-17-14)19-7-4-3-5-8-19/h10,12-13H,2-9,11H2,1H3. The van der Waals surface area contributed by atoms with Crippen LogP contribution < -0.4 is 4.90 Å². The molecule has 24 heavy (non-hydrogen) atoms. The van der Waals surface area contributed by atoms with E-state index in [1.807, 2.05) is 6.92 Å². The molecule has 0 saturated carbocycles. The van der Waals surface area contributed by atoms with Crippen LogP contribution >= 0.6 is 0 Å². The van der Waals surface area contributed by atoms with Gasteiger partial charge in [-0.2, -0.15) is 0 Å². The molecule has 8 heteroatoms. The number of sulfone groups is 1. The van der Waals surface area contributed by atoms with Crippen molar-refractivity contribution in [3.63, 3.8) is 0 Å². The second-order valence-electron chi connectivity index (χ2n) is 6.46. The van der Waals surface area contributed by atoms with Crippen molar-refractivity contribution >= 4 is 21.6 Å². The predicted octanol–water partition coefficient (Wildman–Crippen LogP) is 1.12. The monoisotopic (exact) mass is 352 g/mol. The fourth-order valence-electron chi connectivity index (χ4n) is 3.50. The lowest BCUT2D eigenvalue weighted by atomic mass is 10.1. The molecule has 2 saturated heterocycles. The van der Waals surface area contributed by atoms with Crippen LogP contribution in [0.15, 0.2) is 12.4 Å². The van der Waals surface area contributed by atoms with Gasteiger partial charge in [-0.15, -0.1) is 0 Å². The van der Waals surface area contributed by atoms with Gasteiger partial charge in [0, 0.05) is 31.7 Å². The molecule has 0 aromatic carbocycles. The molecule has 2 fully saturated rings. The van der Waals surface area contributed by atoms with Crippen LogP contribution in [0.5, 0.6) is 0 Å². The van der Waals surface area contributed by atoms with Crippen molar-refractivity contribution in [2.75, 3.05) is 36.0 Å². The zero-order chi connectivity index (χ0) is 17.2. The first kappa shape index (κ1) is 17.1. The Morgan fingerprint density at radius 1 is 1.29 bits per heavy atom. The van der Waals surface area contributed by atoms with E-state index in [0.29, 0.717) is 18.7 Å². The summed E-state index contributed by atoms with van der Waals surface area (Å²) in [4.78, 5) is 25.1. The summed E-state index contributed by atoms with van der Waals surface area (Å²) >= 11 is 0. The number of anilines is 1. The minimum Gasteiger partial charge on any atom is -0.357 e. The van der Waals surface area contributed by atoms with Gasteiger partial charge >= 0.3 is 0 Å². The summed E-state index contributed by atoms with van der Waals surface area (Å²) in [6, 6.07) is 1.49. The molecule has 0 N–H and O–H groups in total. The van der Waals surface area contributed by atoms with Gasteiger partial charge in [-0.05, 0) is 32.6 Å². The molecular weight excluding hydrogens is 328 g/mol. The van der Waals surface area contributed by atoms with Crippen LogP contribution in [0.25, 0.3) is 0 Å². The van der Waals surface area contributed by atoms with Gasteiger partial charge in [0.1, 0.15) is 17.8 Å². The molecule has 1 atom stereocenters. The lowest BCUT2D eigenvalue weighted by Crippen LogP contribution is -2.41. The molecule has 0 radical (unpaired) electrons. The molecule has 2 aliphatic heterocycles. The van der Waals surface area contributed by atoms with Gasteiger partial charge in [0.15, 0.2) is 9.84 Å². The van der Waals surface area contributed by atoms with Crippen LogP contribution in [0.3, 0.4) is 0 Å². The van der Waals surface area contributed by atoms with Gasteiger partial charge in [0.05, 0.1) is 11.5 Å². The molecule has 0 aliphatic carbocycles. The number of amides is 1. The van der Waals surface area contributed by atoms with Gasteiger partial charge < -0.3 is 9.80 Å². The highest BCUT2D eigenvalue weighted by Crippen LogP contribution is 2.21. The number of nitrogens with zero attached hydrogens (tertiary/aromatic N) is 4. The molecule has 3 rings (SSSR count). The summed E-state index contributed by atoms with van der Waals surface area (Å²) < 4.78 is 23.4. The van der Waals surface area contributed by atoms with Crippen LogP contribution in [-0.2, 0) is 9.84 Å². The van der Waals surface area contributed by atoms with E-state index in [2.05, 4.69) is 14.9 Å². The molecule has 0 spiro atoms. The molecule has 132 valence electrons. The van der Waals surface area contributed by atoms with Gasteiger partial charge in [-0.1, -0.05) is 0 Å². The molecule has 1 amide bonds. The minimum atomic E-state index is -3.03. The maximum Gasteiger partial charge on any atom is 0.272 e. The number of rotatable bonds is 4. The van der Waals surface area contributed by atoms with E-state index in [1.54, 1.807) is 11.0 Å². The molecule has 1 aromatic rings. The molecule has 0 bridgehead atoms. The summed E-state index contributed by atoms with van der Waals surface area (Å²) in [6.07, 6.45) is 5.43. The fourth-order valence-corrected chi connectivity index (χ4v) is 5.23. The largest absolute Gasteiger partial charge is 0.357 e. The zero-order valence-corrected chi connectivity index (χ0v) is 14.8. The second-order valence-corrected chi connectivity index (χ2v) is 8.69. The topological polar surface area (TPSA) is 83.5 Å². The van der Waals surface area contributed by atoms with Crippen molar-refractivity contribution in [3.8, 4) is 0 Å². The lowest BCUT2D eigenvalue weighted by Gasteiger charge is -2.29. The fraction of sp³-hybridized carbons (Fsp3) is 0.688. The van der Waals surface area contributed by atoms with Crippen LogP contribution in [0.4, 0.5) is 5.82 Å². The summed E-state index contributed by atoms with van der Waals surface area (Å²) in [5.74, 6) is 0.782. The third-order valence-corrected chi connectivity index (χ3v) is 6.55. The summed E-state index contributed by atoms with van der Waals surface area (Å²) in [6.45, 7) is 4.24. The predicted molar refractivity (Wildman–Crippen MR) is 91.9 cm³/mol. The summed E-state index contributed by atoms with van der Waals surface area (Å²) in [5, 5.41) is 0. The highest BCUT2D eigenvalue weighted by Gasteiger charge is 2.34. The highest BCUT2D eigenvalue weighted by atomic mass is 32.2. The van der Waals surface area contributed by atoms with E-state index in [4.69, 9.17) is 0 Å². The first-order valence-electron chi connectivity index (χ1n) is 8.58. The molecule has 7 nitrogen and oxygen atoms in total. The molecule has 1 unspecified atom stereocenters. The van der Waals surface area contributed by atoms with Crippen LogP contribution in [0, 0.1) is 0 Å². The second kappa shape index (κ2) is 7.04. The van der Waals surface area contributed by atoms with Crippen molar-refractivity contribution in [2.24, 2.45) is 0 Å². The third kappa shape index (κ3) is 3.68. The smallest absolute Gasteiger partial charge is 0.272 e. The van der Waals surface area contributed by atoms with E-state index in [1.165, 1.54) is 12.7 Å². The van der Waals surface area contributed by atoms with Crippen LogP contribution in [0.2, 0.25) is 0 Å². The normalized spacial score (nSPS) is 23.2. The Morgan fingerprint density at radius 2 is 2.04 bits per heavy atom. The SMILES string of the molecule is CCN(C(=O)c1cc(N2CCCCC2)ncn1)C1CCS(=O)(=O)C1. The maximum atomic E-state index is 12.8. The van der Waals surface area contributed by atoms with Crippen molar-refractivity contribution < 1.29 is 13.2 Å². The average molecular weight is 352 g/mol. The zero-order valence-electron chi connectivity index (χ0n) is 14.0. The van der Waals surface area contributed by atoms with E-state index in [0.717, 1.165) is 31.7 Å². The van der Waals surface area contributed by atoms with Crippen molar-refractivity contribution in [3.05, 3.63) is 18.1 Å². The van der Waals surface area contributed by atoms with Crippen molar-refractivity contribution in [1.29, 1.82) is 0 Å². The molecular formula is C16H24N4O3S. The quantitative estimate of drug-likeness (QED) is 0.807. The Bertz CT molecular complexity index is 701. The number of aromatic nitrogens is 2. The minimum absolute atomic E-state index is 0.0522. The van der Waals surface area contributed by atoms with Crippen LogP contribution in [0.1, 0.15) is 43.1 Å². The first-order valence-corrected chi connectivity index (χ1v) is 10.4. The lowest BCUT2D eigenvalue weighted by molar-refractivity contribution is 0.0702. The Balaban J connectivity index is 1.78. The van der Waals surface area contributed by atoms with E-state index in [9.17, 15) is 13.2 Å². The average Bonchev–Trinajstić information content (AvgIpc) is 2.96. The van der Waals surface area contributed by atoms with Gasteiger partial charge in [0.25, 0.3) is 5.91 Å². The van der Waals surface area contributed by atoms with Crippen molar-refractivity contribution in [1.82, 2.24) is 14.9 Å². The number of carbonyl (C=O) groups excluding carboxylic acids is 1. The van der Waals surface area contributed by atoms with E-state index >= 15 is 0 Å². The summed E-state index contributed by atoms with van der Waals surface area (Å²) in [7, 11) is -3.03. The Hall–Kier alpha value is -1.70. The van der Waals surface area contributed by atoms with Crippen molar-refractivity contribution in [2.45, 2.75) is 38.6 Å². The van der Waals surface area contributed by atoms with Crippen LogP contribution in [-0.4, -0.2) is 66.4 Å². The van der Waals surface area contributed by atoms with Gasteiger partial charge in [0.2, 0.25) is 0 Å². The number of hydrogen-bond donors (Lipinski definition) is 0. The highest BCUT2D eigenvalue weighted by molar-refractivity contribution is 7.91. The number of hydrogen-bond acceptors (Lipinski definition) is 6. The maximum absolute atomic E-state index is 12.8. The Kier molecular flexibility index (Phi) is 5.03. The first-order chi connectivity index (χ1) is 11.5. The Morgan fingerprint density at radius 3 is 2.67 bits per heavy atom. The molecule has 2 aliphatic rings. The van der Waals surface area contributed by atoms with Gasteiger partial charge in [-0.25, -0.2) is 18.4 Å². The van der Waals surface area contributed by atoms with Gasteiger partial charge in [-0.3, -0.25) is 4.79 Å². The number of piperidine rings is 1. The third-order valence-electron chi connectivity index (χ3n) is 4.80. The van der Waals surface area contributed by atoms with E-state index in [-0.39, 0.29) is 23.5 Å². The number of carbonyl (C=O) groups is 1. The molecule has 3 heterocycles. The Labute approximate surface area is 143 Å².